The van der Waals surface area contributed by atoms with Gasteiger partial charge in [0.15, 0.2) is 0 Å². The first-order chi connectivity index (χ1) is 11.9. The van der Waals surface area contributed by atoms with Gasteiger partial charge in [-0.25, -0.2) is 13.2 Å². The molecular formula is C23H29F3. The Morgan fingerprint density at radius 1 is 0.462 bits per heavy atom. The first-order valence-electron chi connectivity index (χ1n) is 9.20. The molecule has 0 aliphatic rings. The molecule has 2 rings (SSSR count). The van der Waals surface area contributed by atoms with E-state index in [1.54, 1.807) is 34.6 Å². The Morgan fingerprint density at radius 3 is 1.27 bits per heavy atom. The molecule has 0 spiro atoms. The first-order valence-corrected chi connectivity index (χ1v) is 9.20. The van der Waals surface area contributed by atoms with Gasteiger partial charge in [-0.2, -0.15) is 0 Å². The molecule has 0 radical (unpaired) electrons. The molecule has 0 amide bonds. The van der Waals surface area contributed by atoms with Gasteiger partial charge in [-0.3, -0.25) is 0 Å². The molecular weight excluding hydrogens is 333 g/mol. The second kappa shape index (κ2) is 7.09. The summed E-state index contributed by atoms with van der Waals surface area (Å²) in [6, 6.07) is 0. The van der Waals surface area contributed by atoms with Crippen molar-refractivity contribution in [3.8, 4) is 11.1 Å². The minimum Gasteiger partial charge on any atom is -0.206 e. The molecule has 0 nitrogen and oxygen atoms in total. The van der Waals surface area contributed by atoms with Crippen LogP contribution in [0.3, 0.4) is 0 Å². The third-order valence-corrected chi connectivity index (χ3v) is 5.58. The van der Waals surface area contributed by atoms with Crippen LogP contribution >= 0.6 is 0 Å². The van der Waals surface area contributed by atoms with Gasteiger partial charge >= 0.3 is 0 Å². The van der Waals surface area contributed by atoms with Gasteiger partial charge in [0.1, 0.15) is 17.5 Å². The zero-order valence-electron chi connectivity index (χ0n) is 17.3. The normalized spacial score (nSPS) is 11.8. The van der Waals surface area contributed by atoms with Crippen LogP contribution in [0.25, 0.3) is 11.1 Å². The Hall–Kier alpha value is -1.77. The van der Waals surface area contributed by atoms with Gasteiger partial charge in [-0.05, 0) is 85.4 Å². The molecule has 0 unspecified atom stereocenters. The van der Waals surface area contributed by atoms with Crippen molar-refractivity contribution >= 4 is 0 Å². The smallest absolute Gasteiger partial charge is 0.134 e. The van der Waals surface area contributed by atoms with E-state index in [9.17, 15) is 8.78 Å². The van der Waals surface area contributed by atoms with Crippen LogP contribution in [0.4, 0.5) is 13.2 Å². The minimum absolute atomic E-state index is 0.0778. The van der Waals surface area contributed by atoms with Crippen molar-refractivity contribution in [2.45, 2.75) is 74.1 Å². The largest absolute Gasteiger partial charge is 0.206 e. The highest BCUT2D eigenvalue weighted by molar-refractivity contribution is 5.77. The molecule has 0 N–H and O–H groups in total. The van der Waals surface area contributed by atoms with E-state index in [-0.39, 0.29) is 23.2 Å². The zero-order chi connectivity index (χ0) is 20.1. The van der Waals surface area contributed by atoms with Crippen molar-refractivity contribution in [1.82, 2.24) is 0 Å². The first kappa shape index (κ1) is 20.5. The third-order valence-electron chi connectivity index (χ3n) is 5.58. The average molecular weight is 362 g/mol. The van der Waals surface area contributed by atoms with E-state index in [2.05, 4.69) is 0 Å². The lowest BCUT2D eigenvalue weighted by molar-refractivity contribution is 0.532. The fourth-order valence-electron chi connectivity index (χ4n) is 4.19. The highest BCUT2D eigenvalue weighted by Gasteiger charge is 2.27. The van der Waals surface area contributed by atoms with Crippen LogP contribution < -0.4 is 0 Å². The molecule has 0 aliphatic carbocycles. The minimum atomic E-state index is -0.569. The van der Waals surface area contributed by atoms with Crippen molar-refractivity contribution in [2.75, 3.05) is 0 Å². The predicted octanol–water partition coefficient (Wildman–Crippen LogP) is 7.56. The van der Waals surface area contributed by atoms with Crippen LogP contribution in [0.5, 0.6) is 0 Å². The van der Waals surface area contributed by atoms with Crippen LogP contribution in [0.2, 0.25) is 0 Å². The van der Waals surface area contributed by atoms with E-state index >= 15 is 4.39 Å². The van der Waals surface area contributed by atoms with Crippen LogP contribution in [-0.4, -0.2) is 0 Å². The lowest BCUT2D eigenvalue weighted by atomic mass is 9.81. The maximum absolute atomic E-state index is 15.4. The Morgan fingerprint density at radius 2 is 0.885 bits per heavy atom. The Balaban J connectivity index is 3.00. The van der Waals surface area contributed by atoms with Gasteiger partial charge in [0, 0.05) is 11.1 Å². The van der Waals surface area contributed by atoms with E-state index in [1.807, 2.05) is 27.7 Å². The monoisotopic (exact) mass is 362 g/mol. The fourth-order valence-corrected chi connectivity index (χ4v) is 4.19. The molecule has 0 aliphatic heterocycles. The van der Waals surface area contributed by atoms with Gasteiger partial charge in [0.2, 0.25) is 0 Å². The van der Waals surface area contributed by atoms with Gasteiger partial charge in [0.05, 0.1) is 0 Å². The predicted molar refractivity (Wildman–Crippen MR) is 104 cm³/mol. The Labute approximate surface area is 155 Å². The molecule has 0 saturated heterocycles. The molecule has 0 bridgehead atoms. The summed E-state index contributed by atoms with van der Waals surface area (Å²) in [5.41, 5.74) is 4.64. The number of hydrogen-bond donors (Lipinski definition) is 0. The van der Waals surface area contributed by atoms with Crippen LogP contribution in [0.15, 0.2) is 0 Å². The highest BCUT2D eigenvalue weighted by Crippen LogP contribution is 2.42. The van der Waals surface area contributed by atoms with Crippen molar-refractivity contribution in [3.63, 3.8) is 0 Å². The molecule has 142 valence electrons. The molecule has 26 heavy (non-hydrogen) atoms. The number of rotatable bonds is 3. The molecule has 2 aromatic carbocycles. The summed E-state index contributed by atoms with van der Waals surface area (Å²) in [7, 11) is 0. The maximum atomic E-state index is 15.4. The molecule has 2 aromatic rings. The fraction of sp³-hybridized carbons (Fsp3) is 0.478. The van der Waals surface area contributed by atoms with Gasteiger partial charge in [0.25, 0.3) is 0 Å². The van der Waals surface area contributed by atoms with Crippen molar-refractivity contribution < 1.29 is 13.2 Å². The number of benzene rings is 2. The van der Waals surface area contributed by atoms with E-state index in [0.717, 1.165) is 16.7 Å². The maximum Gasteiger partial charge on any atom is 0.134 e. The van der Waals surface area contributed by atoms with Gasteiger partial charge < -0.3 is 0 Å². The van der Waals surface area contributed by atoms with Crippen molar-refractivity contribution in [1.29, 1.82) is 0 Å². The summed E-state index contributed by atoms with van der Waals surface area (Å²) in [4.78, 5) is 0. The summed E-state index contributed by atoms with van der Waals surface area (Å²) in [6.07, 6.45) is 0. The van der Waals surface area contributed by atoms with Crippen LogP contribution in [0.1, 0.15) is 78.5 Å². The average Bonchev–Trinajstić information content (AvgIpc) is 2.54. The van der Waals surface area contributed by atoms with Gasteiger partial charge in [-0.15, -0.1) is 0 Å². The van der Waals surface area contributed by atoms with E-state index < -0.39 is 11.6 Å². The lowest BCUT2D eigenvalue weighted by Crippen LogP contribution is -2.10. The standard InChI is InChI=1S/C23H29F3/c1-10(2)17-12(5)13(6)20(23(26)14(17)7)19-15(8)21(24)18(11(3)4)22(25)16(19)9/h10-11H,1-9H3. The lowest BCUT2D eigenvalue weighted by Gasteiger charge is -2.24. The SMILES string of the molecule is Cc1c(F)c(C(C)C)c(F)c(C)c1-c1c(C)c(C)c(C(C)C)c(C)c1F. The molecule has 3 heteroatoms. The van der Waals surface area contributed by atoms with E-state index in [1.165, 1.54) is 0 Å². The zero-order valence-corrected chi connectivity index (χ0v) is 17.3. The highest BCUT2D eigenvalue weighted by atomic mass is 19.1. The summed E-state index contributed by atoms with van der Waals surface area (Å²) in [5, 5.41) is 0. The Kier molecular flexibility index (Phi) is 5.60. The van der Waals surface area contributed by atoms with Crippen LogP contribution in [0, 0.1) is 52.1 Å². The Bertz CT molecular complexity index is 742. The van der Waals surface area contributed by atoms with Crippen molar-refractivity contribution in [3.05, 3.63) is 56.4 Å². The number of halogens is 3. The van der Waals surface area contributed by atoms with E-state index in [0.29, 0.717) is 27.8 Å². The van der Waals surface area contributed by atoms with Crippen LogP contribution in [-0.2, 0) is 0 Å². The molecule has 0 aromatic heterocycles. The summed E-state index contributed by atoms with van der Waals surface area (Å²) in [5.74, 6) is -1.62. The third kappa shape index (κ3) is 2.95. The molecule has 0 heterocycles. The van der Waals surface area contributed by atoms with Crippen molar-refractivity contribution in [2.24, 2.45) is 0 Å². The second-order valence-corrected chi connectivity index (χ2v) is 7.95. The molecule has 0 fully saturated rings. The number of hydrogen-bond acceptors (Lipinski definition) is 0. The molecule has 0 atom stereocenters. The quantitative estimate of drug-likeness (QED) is 0.528. The summed E-state index contributed by atoms with van der Waals surface area (Å²) >= 11 is 0. The van der Waals surface area contributed by atoms with E-state index in [4.69, 9.17) is 0 Å². The summed E-state index contributed by atoms with van der Waals surface area (Å²) in [6.45, 7) is 16.4. The second-order valence-electron chi connectivity index (χ2n) is 7.95. The topological polar surface area (TPSA) is 0 Å². The molecule has 0 saturated carbocycles. The summed E-state index contributed by atoms with van der Waals surface area (Å²) < 4.78 is 45.3. The van der Waals surface area contributed by atoms with Gasteiger partial charge in [-0.1, -0.05) is 27.7 Å².